The predicted octanol–water partition coefficient (Wildman–Crippen LogP) is 3.70. The van der Waals surface area contributed by atoms with Gasteiger partial charge in [0, 0.05) is 44.1 Å². The summed E-state index contributed by atoms with van der Waals surface area (Å²) >= 11 is 0. The summed E-state index contributed by atoms with van der Waals surface area (Å²) in [5.41, 5.74) is 1.38. The van der Waals surface area contributed by atoms with E-state index in [1.807, 2.05) is 6.92 Å². The molecule has 2 aliphatic carbocycles. The summed E-state index contributed by atoms with van der Waals surface area (Å²) in [6.07, 6.45) is 1.96. The third-order valence-electron chi connectivity index (χ3n) is 7.14. The lowest BCUT2D eigenvalue weighted by Gasteiger charge is -2.37. The van der Waals surface area contributed by atoms with Gasteiger partial charge in [0.05, 0.1) is 5.69 Å². The molecule has 0 spiro atoms. The van der Waals surface area contributed by atoms with Gasteiger partial charge in [-0.25, -0.2) is 17.2 Å². The molecule has 1 saturated heterocycles. The molecule has 1 amide bonds. The number of halogens is 2. The van der Waals surface area contributed by atoms with E-state index in [0.29, 0.717) is 24.5 Å². The highest BCUT2D eigenvalue weighted by Crippen LogP contribution is 2.48. The number of carbonyl (C=O) groups is 1. The van der Waals surface area contributed by atoms with Gasteiger partial charge in [-0.05, 0) is 57.1 Å². The first-order valence-electron chi connectivity index (χ1n) is 11.1. The fraction of sp³-hybridized carbons (Fsp3) is 0.727. The van der Waals surface area contributed by atoms with E-state index in [1.165, 1.54) is 9.21 Å². The Morgan fingerprint density at radius 2 is 1.87 bits per heavy atom. The van der Waals surface area contributed by atoms with Gasteiger partial charge in [-0.1, -0.05) is 6.92 Å². The van der Waals surface area contributed by atoms with Crippen molar-refractivity contribution in [3.63, 3.8) is 0 Å². The Balaban J connectivity index is 1.56. The highest BCUT2D eigenvalue weighted by atomic mass is 32.2. The second-order valence-electron chi connectivity index (χ2n) is 9.47. The number of aromatic nitrogens is 1. The number of amides is 1. The minimum Gasteiger partial charge on any atom is -0.341 e. The van der Waals surface area contributed by atoms with Crippen LogP contribution >= 0.6 is 0 Å². The van der Waals surface area contributed by atoms with Crippen molar-refractivity contribution in [2.75, 3.05) is 13.6 Å². The zero-order valence-corrected chi connectivity index (χ0v) is 19.2. The van der Waals surface area contributed by atoms with Crippen molar-refractivity contribution in [1.29, 1.82) is 0 Å². The second-order valence-corrected chi connectivity index (χ2v) is 11.3. The molecule has 0 aromatic carbocycles. The van der Waals surface area contributed by atoms with E-state index in [9.17, 15) is 22.0 Å². The van der Waals surface area contributed by atoms with E-state index in [1.54, 1.807) is 19.2 Å². The van der Waals surface area contributed by atoms with E-state index in [4.69, 9.17) is 0 Å². The number of hydrogen-bond acceptors (Lipinski definition) is 4. The van der Waals surface area contributed by atoms with E-state index in [2.05, 4.69) is 11.9 Å². The lowest BCUT2D eigenvalue weighted by Crippen LogP contribution is -2.50. The van der Waals surface area contributed by atoms with Gasteiger partial charge in [0.1, 0.15) is 10.9 Å². The summed E-state index contributed by atoms with van der Waals surface area (Å²) in [4.78, 5) is 19.5. The SMILES string of the molecule is Cc1ccc(S(=O)(=O)N2CCC[C@H]2C(=O)N(C)C2CCC(F)(F)CC2)c([C@H]2C[C@@H]2C)n1. The Labute approximate surface area is 183 Å². The molecule has 3 fully saturated rings. The largest absolute Gasteiger partial charge is 0.341 e. The molecule has 1 aromatic rings. The topological polar surface area (TPSA) is 70.6 Å². The average Bonchev–Trinajstić information content (AvgIpc) is 3.23. The third-order valence-corrected chi connectivity index (χ3v) is 9.10. The van der Waals surface area contributed by atoms with Gasteiger partial charge in [0.2, 0.25) is 21.9 Å². The molecule has 2 saturated carbocycles. The fourth-order valence-corrected chi connectivity index (χ4v) is 6.83. The molecule has 0 N–H and O–H groups in total. The van der Waals surface area contributed by atoms with E-state index < -0.39 is 22.0 Å². The molecule has 1 aromatic heterocycles. The highest BCUT2D eigenvalue weighted by Gasteiger charge is 2.46. The van der Waals surface area contributed by atoms with Gasteiger partial charge >= 0.3 is 0 Å². The van der Waals surface area contributed by atoms with Crippen molar-refractivity contribution >= 4 is 15.9 Å². The number of likely N-dealkylation sites (N-methyl/N-ethyl adjacent to an activating group) is 1. The lowest BCUT2D eigenvalue weighted by atomic mass is 9.91. The first-order chi connectivity index (χ1) is 14.5. The van der Waals surface area contributed by atoms with E-state index in [-0.39, 0.29) is 55.0 Å². The van der Waals surface area contributed by atoms with Crippen LogP contribution in [-0.2, 0) is 14.8 Å². The summed E-state index contributed by atoms with van der Waals surface area (Å²) in [6.45, 7) is 4.20. The Hall–Kier alpha value is -1.61. The molecule has 1 aliphatic heterocycles. The van der Waals surface area contributed by atoms with Crippen LogP contribution in [0.3, 0.4) is 0 Å². The first-order valence-corrected chi connectivity index (χ1v) is 12.6. The lowest BCUT2D eigenvalue weighted by molar-refractivity contribution is -0.138. The molecule has 0 radical (unpaired) electrons. The molecule has 4 rings (SSSR count). The standard InChI is InChI=1S/C22H31F2N3O3S/c1-14-13-17(14)20-19(7-6-15(2)25-20)31(29,30)27-12-4-5-18(27)21(28)26(3)16-8-10-22(23,24)11-9-16/h6-7,14,16-18H,4-5,8-13H2,1-3H3/t14-,17-,18-/m0/s1. The number of sulfonamides is 1. The molecule has 31 heavy (non-hydrogen) atoms. The van der Waals surface area contributed by atoms with Crippen molar-refractivity contribution < 1.29 is 22.0 Å². The van der Waals surface area contributed by atoms with E-state index >= 15 is 0 Å². The molecule has 3 atom stereocenters. The van der Waals surface area contributed by atoms with Crippen LogP contribution in [0.15, 0.2) is 17.0 Å². The number of hydrogen-bond donors (Lipinski definition) is 0. The predicted molar refractivity (Wildman–Crippen MR) is 112 cm³/mol. The molecule has 3 aliphatic rings. The molecule has 2 heterocycles. The van der Waals surface area contributed by atoms with Gasteiger partial charge in [-0.3, -0.25) is 9.78 Å². The van der Waals surface area contributed by atoms with Crippen LogP contribution in [0, 0.1) is 12.8 Å². The summed E-state index contributed by atoms with van der Waals surface area (Å²) in [5, 5.41) is 0. The minimum absolute atomic E-state index is 0.132. The van der Waals surface area contributed by atoms with Crippen LogP contribution in [0.4, 0.5) is 8.78 Å². The molecule has 172 valence electrons. The molecule has 0 unspecified atom stereocenters. The van der Waals surface area contributed by atoms with Crippen LogP contribution in [0.5, 0.6) is 0 Å². The molecule has 6 nitrogen and oxygen atoms in total. The third kappa shape index (κ3) is 4.35. The Morgan fingerprint density at radius 1 is 1.23 bits per heavy atom. The average molecular weight is 456 g/mol. The number of carbonyl (C=O) groups excluding carboxylic acids is 1. The number of aryl methyl sites for hydroxylation is 1. The Morgan fingerprint density at radius 3 is 2.48 bits per heavy atom. The van der Waals surface area contributed by atoms with Gasteiger partial charge in [-0.2, -0.15) is 4.31 Å². The zero-order valence-electron chi connectivity index (χ0n) is 18.4. The summed E-state index contributed by atoms with van der Waals surface area (Å²) in [6, 6.07) is 2.25. The van der Waals surface area contributed by atoms with Gasteiger partial charge in [-0.15, -0.1) is 0 Å². The highest BCUT2D eigenvalue weighted by molar-refractivity contribution is 7.89. The number of alkyl halides is 2. The maximum Gasteiger partial charge on any atom is 0.248 e. The smallest absolute Gasteiger partial charge is 0.248 e. The number of pyridine rings is 1. The number of nitrogens with zero attached hydrogens (tertiary/aromatic N) is 3. The second kappa shape index (κ2) is 8.06. The van der Waals surface area contributed by atoms with Crippen molar-refractivity contribution in [1.82, 2.24) is 14.2 Å². The van der Waals surface area contributed by atoms with Crippen LogP contribution in [0.2, 0.25) is 0 Å². The molecule has 9 heteroatoms. The van der Waals surface area contributed by atoms with Crippen LogP contribution < -0.4 is 0 Å². The van der Waals surface area contributed by atoms with Crippen LogP contribution in [0.1, 0.15) is 69.2 Å². The van der Waals surface area contributed by atoms with Crippen molar-refractivity contribution in [2.24, 2.45) is 5.92 Å². The van der Waals surface area contributed by atoms with Crippen molar-refractivity contribution in [2.45, 2.75) is 87.6 Å². The van der Waals surface area contributed by atoms with Gasteiger partial charge < -0.3 is 4.90 Å². The summed E-state index contributed by atoms with van der Waals surface area (Å²) in [5.74, 6) is -2.43. The maximum absolute atomic E-state index is 13.6. The first kappa shape index (κ1) is 22.6. The molecular formula is C22H31F2N3O3S. The minimum atomic E-state index is -3.89. The maximum atomic E-state index is 13.6. The zero-order chi connectivity index (χ0) is 22.6. The molecular weight excluding hydrogens is 424 g/mol. The number of rotatable bonds is 5. The Kier molecular flexibility index (Phi) is 5.87. The van der Waals surface area contributed by atoms with Crippen LogP contribution in [-0.4, -0.2) is 60.1 Å². The van der Waals surface area contributed by atoms with Gasteiger partial charge in [0.25, 0.3) is 0 Å². The summed E-state index contributed by atoms with van der Waals surface area (Å²) in [7, 11) is -2.27. The quantitative estimate of drug-likeness (QED) is 0.679. The fourth-order valence-electron chi connectivity index (χ4n) is 4.98. The monoisotopic (exact) mass is 455 g/mol. The van der Waals surface area contributed by atoms with Crippen molar-refractivity contribution in [3.8, 4) is 0 Å². The normalized spacial score (nSPS) is 29.1. The summed E-state index contributed by atoms with van der Waals surface area (Å²) < 4.78 is 55.6. The van der Waals surface area contributed by atoms with Gasteiger partial charge in [0.15, 0.2) is 0 Å². The van der Waals surface area contributed by atoms with Crippen LogP contribution in [0.25, 0.3) is 0 Å². The van der Waals surface area contributed by atoms with Crippen molar-refractivity contribution in [3.05, 3.63) is 23.5 Å². The molecule has 0 bridgehead atoms. The van der Waals surface area contributed by atoms with E-state index in [0.717, 1.165) is 12.1 Å². The Bertz CT molecular complexity index is 959.